The standard InChI is InChI=1S/C15H21ClN2O4S/c1-11-6-4-5-9-18(11)15(19)12-7-8-13(16)14(10-12)23(20,21)17(2)22-3/h7-8,10-11H,4-6,9H2,1-3H3. The Morgan fingerprint density at radius 2 is 2.09 bits per heavy atom. The van der Waals surface area contributed by atoms with E-state index < -0.39 is 10.0 Å². The maximum Gasteiger partial charge on any atom is 0.266 e. The van der Waals surface area contributed by atoms with Crippen molar-refractivity contribution in [1.82, 2.24) is 9.37 Å². The van der Waals surface area contributed by atoms with Crippen molar-refractivity contribution < 1.29 is 18.0 Å². The Balaban J connectivity index is 2.39. The largest absolute Gasteiger partial charge is 0.336 e. The summed E-state index contributed by atoms with van der Waals surface area (Å²) < 4.78 is 25.5. The van der Waals surface area contributed by atoms with Crippen LogP contribution in [0.15, 0.2) is 23.1 Å². The molecule has 1 aromatic carbocycles. The lowest BCUT2D eigenvalue weighted by atomic mass is 10.0. The molecule has 0 aromatic heterocycles. The number of nitrogens with zero attached hydrogens (tertiary/aromatic N) is 2. The molecule has 1 aliphatic heterocycles. The zero-order valence-electron chi connectivity index (χ0n) is 13.5. The number of piperidine rings is 1. The summed E-state index contributed by atoms with van der Waals surface area (Å²) in [6, 6.07) is 4.45. The number of likely N-dealkylation sites (tertiary alicyclic amines) is 1. The molecule has 0 N–H and O–H groups in total. The Kier molecular flexibility index (Phi) is 5.67. The van der Waals surface area contributed by atoms with Crippen molar-refractivity contribution in [2.75, 3.05) is 20.7 Å². The average Bonchev–Trinajstić information content (AvgIpc) is 2.54. The van der Waals surface area contributed by atoms with Gasteiger partial charge >= 0.3 is 0 Å². The van der Waals surface area contributed by atoms with Crippen LogP contribution in [0.1, 0.15) is 36.5 Å². The predicted molar refractivity (Wildman–Crippen MR) is 87.8 cm³/mol. The van der Waals surface area contributed by atoms with Crippen LogP contribution in [-0.4, -0.2) is 50.4 Å². The second kappa shape index (κ2) is 7.17. The molecular formula is C15H21ClN2O4S. The first-order valence-corrected chi connectivity index (χ1v) is 9.24. The zero-order chi connectivity index (χ0) is 17.2. The molecule has 0 spiro atoms. The molecule has 23 heavy (non-hydrogen) atoms. The summed E-state index contributed by atoms with van der Waals surface area (Å²) in [5, 5.41) is 0.0529. The molecule has 1 aliphatic rings. The van der Waals surface area contributed by atoms with E-state index in [1.165, 1.54) is 26.3 Å². The Hall–Kier alpha value is -1.15. The van der Waals surface area contributed by atoms with Gasteiger partial charge in [-0.15, -0.1) is 0 Å². The van der Waals surface area contributed by atoms with Gasteiger partial charge in [-0.05, 0) is 44.4 Å². The number of carbonyl (C=O) groups is 1. The zero-order valence-corrected chi connectivity index (χ0v) is 15.0. The molecule has 1 amide bonds. The van der Waals surface area contributed by atoms with Gasteiger partial charge in [-0.1, -0.05) is 16.1 Å². The summed E-state index contributed by atoms with van der Waals surface area (Å²) in [4.78, 5) is 19.1. The van der Waals surface area contributed by atoms with Gasteiger partial charge in [0.1, 0.15) is 4.90 Å². The highest BCUT2D eigenvalue weighted by atomic mass is 35.5. The lowest BCUT2D eigenvalue weighted by Gasteiger charge is -2.33. The molecule has 1 unspecified atom stereocenters. The molecule has 8 heteroatoms. The van der Waals surface area contributed by atoms with E-state index in [0.717, 1.165) is 19.3 Å². The molecule has 1 fully saturated rings. The first-order chi connectivity index (χ1) is 10.8. The van der Waals surface area contributed by atoms with Crippen LogP contribution in [0.5, 0.6) is 0 Å². The van der Waals surface area contributed by atoms with Gasteiger partial charge in [0, 0.05) is 25.2 Å². The van der Waals surface area contributed by atoms with E-state index >= 15 is 0 Å². The number of sulfonamides is 1. The van der Waals surface area contributed by atoms with E-state index in [0.29, 0.717) is 16.6 Å². The van der Waals surface area contributed by atoms with Crippen molar-refractivity contribution in [3.63, 3.8) is 0 Å². The fourth-order valence-corrected chi connectivity index (χ4v) is 4.11. The summed E-state index contributed by atoms with van der Waals surface area (Å²) in [6.07, 6.45) is 3.02. The van der Waals surface area contributed by atoms with E-state index in [1.54, 1.807) is 11.0 Å². The summed E-state index contributed by atoms with van der Waals surface area (Å²) in [5.74, 6) is -0.176. The van der Waals surface area contributed by atoms with E-state index in [9.17, 15) is 13.2 Å². The van der Waals surface area contributed by atoms with Gasteiger partial charge < -0.3 is 4.90 Å². The quantitative estimate of drug-likeness (QED) is 0.774. The number of rotatable bonds is 4. The molecule has 0 aliphatic carbocycles. The van der Waals surface area contributed by atoms with E-state index in [1.807, 2.05) is 6.92 Å². The lowest BCUT2D eigenvalue weighted by Crippen LogP contribution is -2.42. The summed E-state index contributed by atoms with van der Waals surface area (Å²) in [7, 11) is -1.39. The van der Waals surface area contributed by atoms with Crippen molar-refractivity contribution >= 4 is 27.5 Å². The Labute approximate surface area is 142 Å². The van der Waals surface area contributed by atoms with Crippen LogP contribution in [-0.2, 0) is 14.9 Å². The topological polar surface area (TPSA) is 66.9 Å². The number of hydrogen-bond donors (Lipinski definition) is 0. The summed E-state index contributed by atoms with van der Waals surface area (Å²) in [6.45, 7) is 2.69. The van der Waals surface area contributed by atoms with Crippen LogP contribution < -0.4 is 0 Å². The second-order valence-corrected chi connectivity index (χ2v) is 7.90. The normalized spacial score (nSPS) is 19.2. The van der Waals surface area contributed by atoms with Gasteiger partial charge in [-0.2, -0.15) is 0 Å². The Morgan fingerprint density at radius 3 is 2.70 bits per heavy atom. The van der Waals surface area contributed by atoms with Crippen LogP contribution in [0.3, 0.4) is 0 Å². The van der Waals surface area contributed by atoms with Gasteiger partial charge in [0.15, 0.2) is 0 Å². The van der Waals surface area contributed by atoms with Gasteiger partial charge in [-0.3, -0.25) is 9.63 Å². The lowest BCUT2D eigenvalue weighted by molar-refractivity contribution is -0.0258. The van der Waals surface area contributed by atoms with Crippen molar-refractivity contribution in [2.45, 2.75) is 37.1 Å². The van der Waals surface area contributed by atoms with Gasteiger partial charge in [0.25, 0.3) is 15.9 Å². The molecule has 1 heterocycles. The van der Waals surface area contributed by atoms with E-state index in [2.05, 4.69) is 0 Å². The molecule has 0 saturated carbocycles. The van der Waals surface area contributed by atoms with Crippen LogP contribution in [0.4, 0.5) is 0 Å². The minimum atomic E-state index is -3.91. The monoisotopic (exact) mass is 360 g/mol. The molecule has 0 bridgehead atoms. The molecule has 128 valence electrons. The smallest absolute Gasteiger partial charge is 0.266 e. The third kappa shape index (κ3) is 3.68. The number of hydroxylamine groups is 1. The minimum absolute atomic E-state index is 0.0529. The fraction of sp³-hybridized carbons (Fsp3) is 0.533. The van der Waals surface area contributed by atoms with Crippen molar-refractivity contribution in [3.8, 4) is 0 Å². The number of carbonyl (C=O) groups excluding carboxylic acids is 1. The highest BCUT2D eigenvalue weighted by molar-refractivity contribution is 7.89. The third-order valence-corrected chi connectivity index (χ3v) is 6.28. The van der Waals surface area contributed by atoms with E-state index in [4.69, 9.17) is 16.4 Å². The summed E-state index contributed by atoms with van der Waals surface area (Å²) in [5.41, 5.74) is 0.311. The SMILES string of the molecule is CON(C)S(=O)(=O)c1cc(C(=O)N2CCCCC2C)ccc1Cl. The molecule has 1 aromatic rings. The van der Waals surface area contributed by atoms with Crippen LogP contribution in [0.25, 0.3) is 0 Å². The maximum atomic E-state index is 12.7. The molecule has 0 radical (unpaired) electrons. The van der Waals surface area contributed by atoms with Gasteiger partial charge in [0.05, 0.1) is 12.1 Å². The molecule has 2 rings (SSSR count). The molecular weight excluding hydrogens is 340 g/mol. The first-order valence-electron chi connectivity index (χ1n) is 7.42. The molecule has 6 nitrogen and oxygen atoms in total. The number of amides is 1. The van der Waals surface area contributed by atoms with Crippen LogP contribution in [0.2, 0.25) is 5.02 Å². The van der Waals surface area contributed by atoms with Crippen molar-refractivity contribution in [1.29, 1.82) is 0 Å². The number of halogens is 1. The van der Waals surface area contributed by atoms with Crippen LogP contribution in [0, 0.1) is 0 Å². The predicted octanol–water partition coefficient (Wildman–Crippen LogP) is 2.54. The third-order valence-electron chi connectivity index (χ3n) is 4.12. The van der Waals surface area contributed by atoms with Crippen molar-refractivity contribution in [3.05, 3.63) is 28.8 Å². The van der Waals surface area contributed by atoms with Gasteiger partial charge in [-0.25, -0.2) is 8.42 Å². The highest BCUT2D eigenvalue weighted by Crippen LogP contribution is 2.27. The first kappa shape index (κ1) is 18.2. The molecule has 1 atom stereocenters. The second-order valence-electron chi connectivity index (χ2n) is 5.59. The van der Waals surface area contributed by atoms with Crippen molar-refractivity contribution in [2.24, 2.45) is 0 Å². The fourth-order valence-electron chi connectivity index (χ4n) is 2.64. The van der Waals surface area contributed by atoms with Crippen LogP contribution >= 0.6 is 11.6 Å². The number of benzene rings is 1. The Bertz CT molecular complexity index is 693. The minimum Gasteiger partial charge on any atom is -0.336 e. The van der Waals surface area contributed by atoms with Gasteiger partial charge in [0.2, 0.25) is 0 Å². The maximum absolute atomic E-state index is 12.7. The summed E-state index contributed by atoms with van der Waals surface area (Å²) >= 11 is 6.01. The average molecular weight is 361 g/mol. The van der Waals surface area contributed by atoms with E-state index in [-0.39, 0.29) is 21.9 Å². The highest BCUT2D eigenvalue weighted by Gasteiger charge is 2.28. The Morgan fingerprint density at radius 1 is 1.39 bits per heavy atom. The molecule has 1 saturated heterocycles. The number of hydrogen-bond acceptors (Lipinski definition) is 4.